The highest BCUT2D eigenvalue weighted by Crippen LogP contribution is 2.38. The number of hydrogen-bond acceptors (Lipinski definition) is 1. The van der Waals surface area contributed by atoms with E-state index in [1.807, 2.05) is 0 Å². The minimum Gasteiger partial charge on any atom is -0.327 e. The van der Waals surface area contributed by atoms with E-state index in [9.17, 15) is 0 Å². The van der Waals surface area contributed by atoms with Crippen LogP contribution in [0.25, 0.3) is 0 Å². The lowest BCUT2D eigenvalue weighted by Crippen LogP contribution is -2.38. The monoisotopic (exact) mass is 153 g/mol. The van der Waals surface area contributed by atoms with Gasteiger partial charge in [0, 0.05) is 6.04 Å². The van der Waals surface area contributed by atoms with E-state index < -0.39 is 0 Å². The van der Waals surface area contributed by atoms with Gasteiger partial charge in [0.1, 0.15) is 0 Å². The van der Waals surface area contributed by atoms with Crippen LogP contribution in [0.15, 0.2) is 0 Å². The lowest BCUT2D eigenvalue weighted by atomic mass is 9.70. The first kappa shape index (κ1) is 9.05. The van der Waals surface area contributed by atoms with Crippen LogP contribution in [0.3, 0.4) is 0 Å². The molecule has 2 N–H and O–H groups in total. The van der Waals surface area contributed by atoms with E-state index in [1.165, 1.54) is 38.5 Å². The molecule has 1 heteroatoms. The predicted octanol–water partition coefficient (Wildman–Crippen LogP) is 2.24. The first-order chi connectivity index (χ1) is 4.86. The van der Waals surface area contributed by atoms with Crippen molar-refractivity contribution in [3.05, 3.63) is 7.43 Å². The molecular weight excluding hydrogens is 134 g/mol. The topological polar surface area (TPSA) is 26.0 Å². The van der Waals surface area contributed by atoms with Crippen LogP contribution in [-0.2, 0) is 0 Å². The standard InChI is InChI=1S/C9H17N.CH2/c10-9-5-4-7-2-1-3-8(9)6-7;/h7-9H,1-6,10H2;1H2. The zero-order valence-corrected chi connectivity index (χ0v) is 7.26. The Morgan fingerprint density at radius 3 is 2.55 bits per heavy atom. The van der Waals surface area contributed by atoms with E-state index in [1.54, 1.807) is 0 Å². The van der Waals surface area contributed by atoms with E-state index in [0.717, 1.165) is 11.8 Å². The maximum absolute atomic E-state index is 5.99. The largest absolute Gasteiger partial charge is 0.327 e. The van der Waals surface area contributed by atoms with Gasteiger partial charge in [-0.2, -0.15) is 0 Å². The Morgan fingerprint density at radius 2 is 1.82 bits per heavy atom. The molecule has 0 amide bonds. The highest BCUT2D eigenvalue weighted by Gasteiger charge is 2.30. The van der Waals surface area contributed by atoms with Crippen molar-refractivity contribution in [1.29, 1.82) is 0 Å². The average molecular weight is 153 g/mol. The summed E-state index contributed by atoms with van der Waals surface area (Å²) in [5.41, 5.74) is 5.99. The molecule has 2 radical (unpaired) electrons. The molecule has 0 heterocycles. The van der Waals surface area contributed by atoms with Crippen molar-refractivity contribution in [1.82, 2.24) is 0 Å². The predicted molar refractivity (Wildman–Crippen MR) is 48.0 cm³/mol. The maximum atomic E-state index is 5.99. The number of fused-ring (bicyclic) bond motifs is 2. The van der Waals surface area contributed by atoms with Gasteiger partial charge in [0.05, 0.1) is 0 Å². The summed E-state index contributed by atoms with van der Waals surface area (Å²) in [4.78, 5) is 0. The van der Waals surface area contributed by atoms with Gasteiger partial charge in [-0.1, -0.05) is 20.3 Å². The van der Waals surface area contributed by atoms with Crippen LogP contribution in [0.2, 0.25) is 0 Å². The van der Waals surface area contributed by atoms with Gasteiger partial charge >= 0.3 is 0 Å². The molecule has 2 aliphatic carbocycles. The minimum absolute atomic E-state index is 0. The minimum atomic E-state index is 0. The second-order valence-corrected chi connectivity index (χ2v) is 4.03. The van der Waals surface area contributed by atoms with Gasteiger partial charge < -0.3 is 5.73 Å². The summed E-state index contributed by atoms with van der Waals surface area (Å²) in [6, 6.07) is 0.552. The molecule has 1 nitrogen and oxygen atoms in total. The van der Waals surface area contributed by atoms with Crippen molar-refractivity contribution >= 4 is 0 Å². The average Bonchev–Trinajstić information content (AvgIpc) is 1.99. The van der Waals surface area contributed by atoms with Crippen LogP contribution in [0.5, 0.6) is 0 Å². The number of nitrogens with two attached hydrogens (primary N) is 1. The Morgan fingerprint density at radius 1 is 1.00 bits per heavy atom. The van der Waals surface area contributed by atoms with Crippen LogP contribution in [0.1, 0.15) is 38.5 Å². The van der Waals surface area contributed by atoms with Gasteiger partial charge in [-0.05, 0) is 37.5 Å². The molecule has 3 atom stereocenters. The molecule has 0 aromatic carbocycles. The smallest absolute Gasteiger partial charge is 0.00673 e. The number of hydrogen-bond donors (Lipinski definition) is 1. The summed E-state index contributed by atoms with van der Waals surface area (Å²) >= 11 is 0. The Balaban J connectivity index is 0.000000605. The van der Waals surface area contributed by atoms with Crippen LogP contribution in [0, 0.1) is 19.3 Å². The molecule has 2 saturated carbocycles. The van der Waals surface area contributed by atoms with Crippen LogP contribution < -0.4 is 5.73 Å². The summed E-state index contributed by atoms with van der Waals surface area (Å²) in [6.45, 7) is 0. The first-order valence-corrected chi connectivity index (χ1v) is 4.62. The Bertz CT molecular complexity index is 120. The SMILES string of the molecule is NC1CCC2CCCC1C2.[CH2]. The van der Waals surface area contributed by atoms with E-state index in [4.69, 9.17) is 5.73 Å². The van der Waals surface area contributed by atoms with Crippen LogP contribution in [0.4, 0.5) is 0 Å². The second kappa shape index (κ2) is 3.57. The highest BCUT2D eigenvalue weighted by atomic mass is 14.7. The molecule has 2 rings (SSSR count). The van der Waals surface area contributed by atoms with Crippen molar-refractivity contribution in [3.8, 4) is 0 Å². The second-order valence-electron chi connectivity index (χ2n) is 4.03. The van der Waals surface area contributed by atoms with Crippen molar-refractivity contribution in [2.45, 2.75) is 44.6 Å². The third-order valence-corrected chi connectivity index (χ3v) is 3.34. The van der Waals surface area contributed by atoms with Gasteiger partial charge in [0.15, 0.2) is 0 Å². The molecule has 0 spiro atoms. The zero-order valence-electron chi connectivity index (χ0n) is 7.26. The molecule has 64 valence electrons. The summed E-state index contributed by atoms with van der Waals surface area (Å²) in [6.07, 6.45) is 8.51. The molecule has 11 heavy (non-hydrogen) atoms. The summed E-state index contributed by atoms with van der Waals surface area (Å²) < 4.78 is 0. The lowest BCUT2D eigenvalue weighted by Gasteiger charge is -2.38. The van der Waals surface area contributed by atoms with E-state index in [2.05, 4.69) is 0 Å². The van der Waals surface area contributed by atoms with E-state index >= 15 is 0 Å². The fraction of sp³-hybridized carbons (Fsp3) is 0.900. The maximum Gasteiger partial charge on any atom is 0.00673 e. The highest BCUT2D eigenvalue weighted by molar-refractivity contribution is 4.85. The molecular formula is C10H19N. The zero-order chi connectivity index (χ0) is 6.97. The number of rotatable bonds is 0. The molecule has 0 aromatic rings. The van der Waals surface area contributed by atoms with Crippen LogP contribution >= 0.6 is 0 Å². The summed E-state index contributed by atoms with van der Waals surface area (Å²) in [5, 5.41) is 0. The van der Waals surface area contributed by atoms with E-state index in [-0.39, 0.29) is 7.43 Å². The van der Waals surface area contributed by atoms with Gasteiger partial charge in [0.2, 0.25) is 0 Å². The fourth-order valence-corrected chi connectivity index (χ4v) is 2.65. The lowest BCUT2D eigenvalue weighted by molar-refractivity contribution is 0.165. The Hall–Kier alpha value is -0.0400. The van der Waals surface area contributed by atoms with E-state index in [0.29, 0.717) is 6.04 Å². The van der Waals surface area contributed by atoms with Crippen molar-refractivity contribution in [2.75, 3.05) is 0 Å². The molecule has 2 fully saturated rings. The summed E-state index contributed by atoms with van der Waals surface area (Å²) in [7, 11) is 0. The molecule has 3 unspecified atom stereocenters. The molecule has 0 aromatic heterocycles. The van der Waals surface area contributed by atoms with Crippen LogP contribution in [-0.4, -0.2) is 6.04 Å². The Labute approximate surface area is 70.4 Å². The third kappa shape index (κ3) is 1.76. The molecule has 0 aliphatic heterocycles. The van der Waals surface area contributed by atoms with Crippen molar-refractivity contribution in [2.24, 2.45) is 17.6 Å². The fourth-order valence-electron chi connectivity index (χ4n) is 2.65. The molecule has 2 bridgehead atoms. The third-order valence-electron chi connectivity index (χ3n) is 3.34. The van der Waals surface area contributed by atoms with Crippen molar-refractivity contribution < 1.29 is 0 Å². The summed E-state index contributed by atoms with van der Waals surface area (Å²) in [5.74, 6) is 1.95. The molecule has 2 aliphatic rings. The quantitative estimate of drug-likeness (QED) is 0.567. The molecule has 0 saturated heterocycles. The van der Waals surface area contributed by atoms with Gasteiger partial charge in [-0.15, -0.1) is 0 Å². The van der Waals surface area contributed by atoms with Gasteiger partial charge in [-0.3, -0.25) is 0 Å². The first-order valence-electron chi connectivity index (χ1n) is 4.62. The normalized spacial score (nSPS) is 42.8. The Kier molecular flexibility index (Phi) is 2.94. The van der Waals surface area contributed by atoms with Gasteiger partial charge in [0.25, 0.3) is 0 Å². The van der Waals surface area contributed by atoms with Crippen molar-refractivity contribution in [3.63, 3.8) is 0 Å². The van der Waals surface area contributed by atoms with Gasteiger partial charge in [-0.25, -0.2) is 0 Å².